The minimum atomic E-state index is -5.02. The van der Waals surface area contributed by atoms with Crippen LogP contribution in [0.4, 0.5) is 35.1 Å². The third-order valence-corrected chi connectivity index (χ3v) is 10.8. The third kappa shape index (κ3) is 7.34. The molecule has 2 saturated heterocycles. The maximum atomic E-state index is 15.7. The number of alkyl halides is 4. The molecule has 1 saturated carbocycles. The van der Waals surface area contributed by atoms with Gasteiger partial charge in [0.05, 0.1) is 18.0 Å². The Morgan fingerprint density at radius 3 is 2.50 bits per heavy atom. The van der Waals surface area contributed by atoms with Crippen LogP contribution in [0.5, 0.6) is 5.75 Å². The average Bonchev–Trinajstić information content (AvgIpc) is 3.43. The van der Waals surface area contributed by atoms with E-state index < -0.39 is 52.9 Å². The Morgan fingerprint density at radius 1 is 1.08 bits per heavy atom. The first-order valence-corrected chi connectivity index (χ1v) is 17.7. The molecule has 3 aliphatic heterocycles. The van der Waals surface area contributed by atoms with E-state index >= 15 is 4.39 Å². The number of benzene rings is 1. The van der Waals surface area contributed by atoms with Crippen molar-refractivity contribution in [2.45, 2.75) is 75.2 Å². The second kappa shape index (κ2) is 14.1. The van der Waals surface area contributed by atoms with Crippen LogP contribution in [0.25, 0.3) is 0 Å². The van der Waals surface area contributed by atoms with Crippen molar-refractivity contribution < 1.29 is 41.7 Å². The molecule has 52 heavy (non-hydrogen) atoms. The van der Waals surface area contributed by atoms with Crippen LogP contribution in [0.2, 0.25) is 0 Å². The van der Waals surface area contributed by atoms with Gasteiger partial charge in [0.1, 0.15) is 17.5 Å². The molecule has 0 bridgehead atoms. The van der Waals surface area contributed by atoms with Crippen molar-refractivity contribution >= 4 is 29.5 Å². The standard InChI is InChI=1S/C36H41F4N7O5/c1-22-15-23(31(49)50)18-35(37,17-22)20-44-30(48)26-19-43-33(45-29(26)36(38,39)40)47-21-34(7-13-51-14-8-34)27-16-25(3-4-28(27)47)52-24-5-11-46(12-6-24)32-41-9-2-10-42-32/h2-4,9-10,16,19,22-24H,5-8,11-15,17-18,20-21H2,1H3,(H,44,48)(H,49,50)/t22-,23+,35+/m0/s1. The number of piperidine rings is 1. The topological polar surface area (TPSA) is 143 Å². The van der Waals surface area contributed by atoms with E-state index in [1.807, 2.05) is 12.1 Å². The van der Waals surface area contributed by atoms with Gasteiger partial charge in [0, 0.05) is 75.4 Å². The zero-order chi connectivity index (χ0) is 36.7. The summed E-state index contributed by atoms with van der Waals surface area (Å²) in [6.45, 7) is 3.82. The highest BCUT2D eigenvalue weighted by Gasteiger charge is 2.47. The highest BCUT2D eigenvalue weighted by Crippen LogP contribution is 2.50. The summed E-state index contributed by atoms with van der Waals surface area (Å²) >= 11 is 0. The molecule has 0 unspecified atom stereocenters. The van der Waals surface area contributed by atoms with Crippen LogP contribution in [0.3, 0.4) is 0 Å². The smallest absolute Gasteiger partial charge is 0.434 e. The summed E-state index contributed by atoms with van der Waals surface area (Å²) in [6, 6.07) is 7.36. The van der Waals surface area contributed by atoms with Gasteiger partial charge < -0.3 is 29.7 Å². The van der Waals surface area contributed by atoms with E-state index in [1.165, 1.54) is 0 Å². The van der Waals surface area contributed by atoms with E-state index in [-0.39, 0.29) is 37.2 Å². The molecule has 5 heterocycles. The molecule has 2 aromatic heterocycles. The number of aliphatic carboxylic acids is 1. The molecule has 4 aliphatic rings. The zero-order valence-electron chi connectivity index (χ0n) is 28.7. The van der Waals surface area contributed by atoms with Gasteiger partial charge in [-0.25, -0.2) is 24.3 Å². The number of anilines is 3. The monoisotopic (exact) mass is 727 g/mol. The van der Waals surface area contributed by atoms with Gasteiger partial charge in [-0.15, -0.1) is 0 Å². The van der Waals surface area contributed by atoms with Crippen LogP contribution >= 0.6 is 0 Å². The minimum Gasteiger partial charge on any atom is -0.490 e. The number of ether oxygens (including phenoxy) is 2. The Balaban J connectivity index is 1.11. The van der Waals surface area contributed by atoms with Crippen LogP contribution in [0.1, 0.15) is 73.5 Å². The Morgan fingerprint density at radius 2 is 1.81 bits per heavy atom. The number of nitrogens with zero attached hydrogens (tertiary/aromatic N) is 6. The second-order valence-corrected chi connectivity index (χ2v) is 14.6. The zero-order valence-corrected chi connectivity index (χ0v) is 28.7. The van der Waals surface area contributed by atoms with Crippen molar-refractivity contribution in [3.63, 3.8) is 0 Å². The van der Waals surface area contributed by atoms with Crippen molar-refractivity contribution in [3.8, 4) is 5.75 Å². The lowest BCUT2D eigenvalue weighted by atomic mass is 9.74. The van der Waals surface area contributed by atoms with E-state index in [0.29, 0.717) is 50.0 Å². The largest absolute Gasteiger partial charge is 0.490 e. The maximum Gasteiger partial charge on any atom is 0.434 e. The minimum absolute atomic E-state index is 0.0184. The van der Waals surface area contributed by atoms with Gasteiger partial charge in [-0.1, -0.05) is 6.92 Å². The molecule has 1 aliphatic carbocycles. The number of aromatic nitrogens is 4. The number of carbonyl (C=O) groups excluding carboxylic acids is 1. The van der Waals surface area contributed by atoms with Gasteiger partial charge in [0.25, 0.3) is 5.91 Å². The van der Waals surface area contributed by atoms with Gasteiger partial charge in [-0.05, 0) is 67.9 Å². The van der Waals surface area contributed by atoms with Gasteiger partial charge >= 0.3 is 12.1 Å². The van der Waals surface area contributed by atoms with E-state index in [1.54, 1.807) is 36.4 Å². The Labute approximate surface area is 298 Å². The summed E-state index contributed by atoms with van der Waals surface area (Å²) in [6.07, 6.45) is 1.92. The molecular formula is C36H41F4N7O5. The van der Waals surface area contributed by atoms with E-state index in [0.717, 1.165) is 37.7 Å². The van der Waals surface area contributed by atoms with Crippen molar-refractivity contribution in [3.05, 3.63) is 59.7 Å². The molecule has 3 fully saturated rings. The number of hydrogen-bond acceptors (Lipinski definition) is 10. The van der Waals surface area contributed by atoms with Crippen LogP contribution in [-0.4, -0.2) is 88.1 Å². The number of hydrogen-bond donors (Lipinski definition) is 2. The Kier molecular flexibility index (Phi) is 9.69. The molecule has 1 spiro atoms. The first-order valence-electron chi connectivity index (χ1n) is 17.7. The molecule has 2 N–H and O–H groups in total. The molecule has 3 atom stereocenters. The molecule has 12 nitrogen and oxygen atoms in total. The average molecular weight is 728 g/mol. The lowest BCUT2D eigenvalue weighted by Crippen LogP contribution is -2.46. The SMILES string of the molecule is C[C@H]1C[C@@H](C(=O)O)C[C@@](F)(CNC(=O)c2cnc(N3CC4(CCOCC4)c4cc(OC5CCN(c6ncccn6)CC5)ccc43)nc2C(F)(F)F)C1. The summed E-state index contributed by atoms with van der Waals surface area (Å²) in [5, 5.41) is 11.7. The fourth-order valence-corrected chi connectivity index (χ4v) is 8.26. The van der Waals surface area contributed by atoms with E-state index in [9.17, 15) is 27.9 Å². The predicted molar refractivity (Wildman–Crippen MR) is 180 cm³/mol. The Hall–Kier alpha value is -4.60. The van der Waals surface area contributed by atoms with Crippen LogP contribution < -0.4 is 19.9 Å². The summed E-state index contributed by atoms with van der Waals surface area (Å²) in [5.41, 5.74) is -3.24. The fourth-order valence-electron chi connectivity index (χ4n) is 8.26. The number of nitrogens with one attached hydrogen (secondary N) is 1. The first-order chi connectivity index (χ1) is 24.8. The molecule has 1 aromatic carbocycles. The predicted octanol–water partition coefficient (Wildman–Crippen LogP) is 5.49. The Bertz CT molecular complexity index is 1790. The van der Waals surface area contributed by atoms with Crippen LogP contribution in [-0.2, 0) is 21.1 Å². The number of carboxylic acid groups (broad SMARTS) is 1. The number of rotatable bonds is 8. The van der Waals surface area contributed by atoms with E-state index in [4.69, 9.17) is 9.47 Å². The van der Waals surface area contributed by atoms with Crippen molar-refractivity contribution in [2.75, 3.05) is 49.2 Å². The number of carbonyl (C=O) groups is 2. The van der Waals surface area contributed by atoms with Crippen molar-refractivity contribution in [1.29, 1.82) is 0 Å². The second-order valence-electron chi connectivity index (χ2n) is 14.6. The van der Waals surface area contributed by atoms with Crippen molar-refractivity contribution in [1.82, 2.24) is 25.3 Å². The normalized spacial score (nSPS) is 24.8. The lowest BCUT2D eigenvalue weighted by Gasteiger charge is -2.36. The number of fused-ring (bicyclic) bond motifs is 2. The molecule has 1 amide bonds. The highest BCUT2D eigenvalue weighted by atomic mass is 19.4. The maximum absolute atomic E-state index is 15.7. The highest BCUT2D eigenvalue weighted by molar-refractivity contribution is 5.95. The summed E-state index contributed by atoms with van der Waals surface area (Å²) in [7, 11) is 0. The number of halogens is 4. The van der Waals surface area contributed by atoms with Gasteiger partial charge in [-0.3, -0.25) is 9.59 Å². The van der Waals surface area contributed by atoms with Gasteiger partial charge in [0.15, 0.2) is 5.69 Å². The van der Waals surface area contributed by atoms with E-state index in [2.05, 4.69) is 30.2 Å². The number of carboxylic acids is 1. The molecule has 278 valence electrons. The quantitative estimate of drug-likeness (QED) is 0.285. The first kappa shape index (κ1) is 35.8. The molecular weight excluding hydrogens is 686 g/mol. The number of amides is 1. The fraction of sp³-hybridized carbons (Fsp3) is 0.556. The van der Waals surface area contributed by atoms with Gasteiger partial charge in [0.2, 0.25) is 11.9 Å². The summed E-state index contributed by atoms with van der Waals surface area (Å²) < 4.78 is 71.3. The third-order valence-electron chi connectivity index (χ3n) is 10.8. The molecule has 7 rings (SSSR count). The van der Waals surface area contributed by atoms with Crippen LogP contribution in [0, 0.1) is 11.8 Å². The molecule has 16 heteroatoms. The lowest BCUT2D eigenvalue weighted by molar-refractivity contribution is -0.146. The van der Waals surface area contributed by atoms with Crippen molar-refractivity contribution in [2.24, 2.45) is 11.8 Å². The summed E-state index contributed by atoms with van der Waals surface area (Å²) in [5.74, 6) is -2.42. The van der Waals surface area contributed by atoms with Crippen LogP contribution in [0.15, 0.2) is 42.9 Å². The summed E-state index contributed by atoms with van der Waals surface area (Å²) in [4.78, 5) is 45.3. The molecule has 0 radical (unpaired) electrons. The molecule has 3 aromatic rings. The van der Waals surface area contributed by atoms with Gasteiger partial charge in [-0.2, -0.15) is 13.2 Å².